The molecule has 0 bridgehead atoms. The smallest absolute Gasteiger partial charge is 0.232 e. The molecule has 0 radical (unpaired) electrons. The first kappa shape index (κ1) is 17.9. The van der Waals surface area contributed by atoms with Crippen molar-refractivity contribution >= 4 is 21.5 Å². The SMILES string of the molecule is CC(=O)c1ccc(N(CCOc2ccc(F)cc2)S(C)(=O)=O)cc1. The Labute approximate surface area is 140 Å². The molecular weight excluding hydrogens is 333 g/mol. The van der Waals surface area contributed by atoms with E-state index in [2.05, 4.69) is 0 Å². The molecule has 0 N–H and O–H groups in total. The van der Waals surface area contributed by atoms with E-state index in [1.165, 1.54) is 35.5 Å². The summed E-state index contributed by atoms with van der Waals surface area (Å²) in [5, 5.41) is 0. The van der Waals surface area contributed by atoms with Crippen molar-refractivity contribution in [1.82, 2.24) is 0 Å². The molecular formula is C17H18FNO4S. The Bertz CT molecular complexity index is 801. The average Bonchev–Trinajstić information content (AvgIpc) is 2.52. The second kappa shape index (κ2) is 7.44. The van der Waals surface area contributed by atoms with E-state index in [9.17, 15) is 17.6 Å². The maximum atomic E-state index is 12.8. The number of anilines is 1. The van der Waals surface area contributed by atoms with Crippen molar-refractivity contribution in [1.29, 1.82) is 0 Å². The molecule has 0 aliphatic heterocycles. The molecule has 0 aliphatic rings. The standard InChI is InChI=1S/C17H18FNO4S/c1-13(20)14-3-7-16(8-4-14)19(24(2,21)22)11-12-23-17-9-5-15(18)6-10-17/h3-10H,11-12H2,1-2H3. The van der Waals surface area contributed by atoms with E-state index in [0.29, 0.717) is 17.0 Å². The number of carbonyl (C=O) groups excluding carboxylic acids is 1. The van der Waals surface area contributed by atoms with Crippen LogP contribution in [0.2, 0.25) is 0 Å². The number of nitrogens with zero attached hydrogens (tertiary/aromatic N) is 1. The second-order valence-electron chi connectivity index (χ2n) is 5.24. The van der Waals surface area contributed by atoms with Crippen molar-refractivity contribution < 1.29 is 22.3 Å². The van der Waals surface area contributed by atoms with E-state index in [4.69, 9.17) is 4.74 Å². The third-order valence-electron chi connectivity index (χ3n) is 3.34. The molecule has 0 spiro atoms. The monoisotopic (exact) mass is 351 g/mol. The lowest BCUT2D eigenvalue weighted by atomic mass is 10.1. The summed E-state index contributed by atoms with van der Waals surface area (Å²) in [6, 6.07) is 11.8. The highest BCUT2D eigenvalue weighted by atomic mass is 32.2. The first-order valence-corrected chi connectivity index (χ1v) is 9.09. The van der Waals surface area contributed by atoms with Crippen LogP contribution in [0, 0.1) is 5.82 Å². The summed E-state index contributed by atoms with van der Waals surface area (Å²) in [5.74, 6) is -0.00505. The largest absolute Gasteiger partial charge is 0.492 e. The van der Waals surface area contributed by atoms with Gasteiger partial charge < -0.3 is 4.74 Å². The zero-order valence-electron chi connectivity index (χ0n) is 13.4. The quantitative estimate of drug-likeness (QED) is 0.720. The number of ether oxygens (including phenoxy) is 1. The van der Waals surface area contributed by atoms with Crippen LogP contribution in [0.25, 0.3) is 0 Å². The highest BCUT2D eigenvalue weighted by Crippen LogP contribution is 2.19. The van der Waals surface area contributed by atoms with Gasteiger partial charge in [-0.05, 0) is 55.5 Å². The number of benzene rings is 2. The Morgan fingerprint density at radius 2 is 1.67 bits per heavy atom. The lowest BCUT2D eigenvalue weighted by Gasteiger charge is -2.22. The van der Waals surface area contributed by atoms with E-state index >= 15 is 0 Å². The Balaban J connectivity index is 2.08. The van der Waals surface area contributed by atoms with Gasteiger partial charge >= 0.3 is 0 Å². The van der Waals surface area contributed by atoms with Gasteiger partial charge in [0.1, 0.15) is 18.2 Å². The minimum absolute atomic E-state index is 0.0906. The van der Waals surface area contributed by atoms with Gasteiger partial charge in [0.15, 0.2) is 5.78 Å². The minimum atomic E-state index is -3.50. The molecule has 0 aliphatic carbocycles. The van der Waals surface area contributed by atoms with Gasteiger partial charge in [-0.1, -0.05) is 0 Å². The van der Waals surface area contributed by atoms with Gasteiger partial charge in [0, 0.05) is 5.56 Å². The summed E-state index contributed by atoms with van der Waals surface area (Å²) in [7, 11) is -3.50. The maximum Gasteiger partial charge on any atom is 0.232 e. The highest BCUT2D eigenvalue weighted by Gasteiger charge is 2.17. The van der Waals surface area contributed by atoms with Crippen LogP contribution >= 0.6 is 0 Å². The molecule has 2 aromatic rings. The Morgan fingerprint density at radius 1 is 1.08 bits per heavy atom. The molecule has 24 heavy (non-hydrogen) atoms. The number of halogens is 1. The van der Waals surface area contributed by atoms with Gasteiger partial charge in [-0.2, -0.15) is 0 Å². The Kier molecular flexibility index (Phi) is 5.56. The van der Waals surface area contributed by atoms with E-state index in [-0.39, 0.29) is 24.8 Å². The number of carbonyl (C=O) groups is 1. The van der Waals surface area contributed by atoms with Crippen molar-refractivity contribution in [3.63, 3.8) is 0 Å². The van der Waals surface area contributed by atoms with Crippen LogP contribution in [0.5, 0.6) is 5.75 Å². The summed E-state index contributed by atoms with van der Waals surface area (Å²) >= 11 is 0. The molecule has 0 aromatic heterocycles. The van der Waals surface area contributed by atoms with Gasteiger partial charge in [-0.15, -0.1) is 0 Å². The number of rotatable bonds is 7. The summed E-state index contributed by atoms with van der Waals surface area (Å²) in [4.78, 5) is 11.3. The van der Waals surface area contributed by atoms with Crippen molar-refractivity contribution in [2.24, 2.45) is 0 Å². The molecule has 0 fully saturated rings. The summed E-state index contributed by atoms with van der Waals surface area (Å²) < 4.78 is 43.5. The fourth-order valence-electron chi connectivity index (χ4n) is 2.13. The fourth-order valence-corrected chi connectivity index (χ4v) is 3.04. The van der Waals surface area contributed by atoms with E-state index in [0.717, 1.165) is 6.26 Å². The van der Waals surface area contributed by atoms with Crippen LogP contribution in [-0.4, -0.2) is 33.6 Å². The molecule has 7 heteroatoms. The first-order chi connectivity index (χ1) is 11.3. The normalized spacial score (nSPS) is 11.1. The molecule has 2 rings (SSSR count). The fraction of sp³-hybridized carbons (Fsp3) is 0.235. The van der Waals surface area contributed by atoms with E-state index in [1.807, 2.05) is 0 Å². The lowest BCUT2D eigenvalue weighted by Crippen LogP contribution is -2.33. The van der Waals surface area contributed by atoms with Crippen molar-refractivity contribution in [3.05, 3.63) is 59.9 Å². The number of hydrogen-bond acceptors (Lipinski definition) is 4. The number of ketones is 1. The Morgan fingerprint density at radius 3 is 2.17 bits per heavy atom. The van der Waals surface area contributed by atoms with Crippen molar-refractivity contribution in [2.75, 3.05) is 23.7 Å². The maximum absolute atomic E-state index is 12.8. The van der Waals surface area contributed by atoms with Crippen molar-refractivity contribution in [2.45, 2.75) is 6.92 Å². The topological polar surface area (TPSA) is 63.7 Å². The molecule has 0 saturated carbocycles. The van der Waals surface area contributed by atoms with Crippen LogP contribution in [0.1, 0.15) is 17.3 Å². The molecule has 0 heterocycles. The van der Waals surface area contributed by atoms with Gasteiger partial charge in [0.25, 0.3) is 0 Å². The van der Waals surface area contributed by atoms with E-state index in [1.54, 1.807) is 24.3 Å². The molecule has 0 atom stereocenters. The molecule has 128 valence electrons. The molecule has 0 amide bonds. The molecule has 0 unspecified atom stereocenters. The first-order valence-electron chi connectivity index (χ1n) is 7.24. The van der Waals surface area contributed by atoms with Crippen LogP contribution in [0.15, 0.2) is 48.5 Å². The molecule has 5 nitrogen and oxygen atoms in total. The zero-order valence-corrected chi connectivity index (χ0v) is 14.2. The van der Waals surface area contributed by atoms with Gasteiger partial charge in [0.2, 0.25) is 10.0 Å². The lowest BCUT2D eigenvalue weighted by molar-refractivity contribution is 0.101. The van der Waals surface area contributed by atoms with Crippen LogP contribution in [0.3, 0.4) is 0 Å². The third-order valence-corrected chi connectivity index (χ3v) is 4.53. The van der Waals surface area contributed by atoms with Gasteiger partial charge in [-0.3, -0.25) is 9.10 Å². The number of sulfonamides is 1. The average molecular weight is 351 g/mol. The predicted molar refractivity (Wildman–Crippen MR) is 90.5 cm³/mol. The summed E-state index contributed by atoms with van der Waals surface area (Å²) in [6.45, 7) is 1.64. The van der Waals surface area contributed by atoms with Crippen molar-refractivity contribution in [3.8, 4) is 5.75 Å². The minimum Gasteiger partial charge on any atom is -0.492 e. The predicted octanol–water partition coefficient (Wildman–Crippen LogP) is 2.87. The second-order valence-corrected chi connectivity index (χ2v) is 7.15. The molecule has 0 saturated heterocycles. The van der Waals surface area contributed by atoms with Crippen LogP contribution in [0.4, 0.5) is 10.1 Å². The van der Waals surface area contributed by atoms with Crippen LogP contribution < -0.4 is 9.04 Å². The van der Waals surface area contributed by atoms with Crippen LogP contribution in [-0.2, 0) is 10.0 Å². The number of Topliss-reactive ketones (excluding diaryl/α,β-unsaturated/α-hetero) is 1. The number of hydrogen-bond donors (Lipinski definition) is 0. The van der Waals surface area contributed by atoms with Gasteiger partial charge in [-0.25, -0.2) is 12.8 Å². The Hall–Kier alpha value is -2.41. The van der Waals surface area contributed by atoms with E-state index < -0.39 is 10.0 Å². The summed E-state index contributed by atoms with van der Waals surface area (Å²) in [5.41, 5.74) is 0.958. The van der Waals surface area contributed by atoms with Gasteiger partial charge in [0.05, 0.1) is 18.5 Å². The molecule has 2 aromatic carbocycles. The highest BCUT2D eigenvalue weighted by molar-refractivity contribution is 7.92. The summed E-state index contributed by atoms with van der Waals surface area (Å²) in [6.07, 6.45) is 1.10. The third kappa shape index (κ3) is 4.79. The zero-order chi connectivity index (χ0) is 17.7.